The summed E-state index contributed by atoms with van der Waals surface area (Å²) in [6.07, 6.45) is 7.50. The molecule has 1 aromatic carbocycles. The molecular weight excluding hydrogens is 519 g/mol. The van der Waals surface area contributed by atoms with Gasteiger partial charge in [-0.3, -0.25) is 14.6 Å². The fourth-order valence-electron chi connectivity index (χ4n) is 4.72. The van der Waals surface area contributed by atoms with Crippen molar-refractivity contribution in [2.75, 3.05) is 34.4 Å². The van der Waals surface area contributed by atoms with Crippen molar-refractivity contribution in [3.05, 3.63) is 89.1 Å². The van der Waals surface area contributed by atoms with Crippen molar-refractivity contribution in [3.8, 4) is 0 Å². The van der Waals surface area contributed by atoms with Gasteiger partial charge in [0.15, 0.2) is 0 Å². The van der Waals surface area contributed by atoms with Crippen molar-refractivity contribution >= 4 is 11.4 Å². The van der Waals surface area contributed by atoms with E-state index in [4.69, 9.17) is 9.36 Å². The summed E-state index contributed by atoms with van der Waals surface area (Å²) >= 11 is 0. The molecule has 2 unspecified atom stereocenters. The monoisotopic (exact) mass is 558 g/mol. The normalized spacial score (nSPS) is 18.7. The summed E-state index contributed by atoms with van der Waals surface area (Å²) in [4.78, 5) is 8.12. The number of hydrogen-bond donors (Lipinski definition) is 1. The average molecular weight is 559 g/mol. The lowest BCUT2D eigenvalue weighted by Gasteiger charge is -2.32. The molecule has 0 saturated heterocycles. The van der Waals surface area contributed by atoms with Gasteiger partial charge in [0.2, 0.25) is 0 Å². The number of rotatable bonds is 10. The van der Waals surface area contributed by atoms with E-state index in [-0.39, 0.29) is 17.2 Å². The zero-order valence-corrected chi connectivity index (χ0v) is 24.0. The first-order valence-corrected chi connectivity index (χ1v) is 13.4. The number of hydrogen-bond acceptors (Lipinski definition) is 6. The van der Waals surface area contributed by atoms with Gasteiger partial charge in [-0.1, -0.05) is 36.4 Å². The molecule has 0 bridgehead atoms. The maximum absolute atomic E-state index is 12.7. The lowest BCUT2D eigenvalue weighted by Crippen LogP contribution is -2.49. The number of halogens is 3. The molecule has 1 aromatic heterocycles. The SMILES string of the molecule is Cc1cc(CON(C)C(C)C2=CC3=CCC(C)C=C(c4cccc([N+](C)(C)CNCC(F)(F)F)c4)N3C=C2)no1. The van der Waals surface area contributed by atoms with Crippen LogP contribution in [-0.2, 0) is 11.4 Å². The average Bonchev–Trinajstić information content (AvgIpc) is 3.24. The van der Waals surface area contributed by atoms with Crippen LogP contribution in [0.15, 0.2) is 76.6 Å². The maximum atomic E-state index is 12.7. The van der Waals surface area contributed by atoms with Crippen LogP contribution in [0.25, 0.3) is 5.70 Å². The fraction of sp³-hybridized carbons (Fsp3) is 0.433. The first kappa shape index (κ1) is 29.8. The van der Waals surface area contributed by atoms with Gasteiger partial charge < -0.3 is 9.42 Å². The van der Waals surface area contributed by atoms with Gasteiger partial charge in [-0.15, -0.1) is 0 Å². The minimum atomic E-state index is -4.24. The highest BCUT2D eigenvalue weighted by Gasteiger charge is 2.29. The molecule has 0 amide bonds. The van der Waals surface area contributed by atoms with Gasteiger partial charge >= 0.3 is 6.18 Å². The number of aromatic nitrogens is 1. The van der Waals surface area contributed by atoms with Crippen LogP contribution in [-0.4, -0.2) is 61.7 Å². The highest BCUT2D eigenvalue weighted by atomic mass is 19.4. The predicted octanol–water partition coefficient (Wildman–Crippen LogP) is 6.13. The van der Waals surface area contributed by atoms with E-state index in [1.807, 2.05) is 51.3 Å². The number of likely N-dealkylation sites (N-methyl/N-ethyl adjacent to an activating group) is 1. The minimum absolute atomic E-state index is 0.00831. The van der Waals surface area contributed by atoms with Crippen LogP contribution in [0.3, 0.4) is 0 Å². The van der Waals surface area contributed by atoms with Gasteiger partial charge in [0.1, 0.15) is 30.4 Å². The molecule has 3 heterocycles. The lowest BCUT2D eigenvalue weighted by molar-refractivity contribution is -0.167. The van der Waals surface area contributed by atoms with Crippen molar-refractivity contribution in [3.63, 3.8) is 0 Å². The second-order valence-electron chi connectivity index (χ2n) is 11.1. The predicted molar refractivity (Wildman–Crippen MR) is 151 cm³/mol. The third-order valence-corrected chi connectivity index (χ3v) is 7.20. The van der Waals surface area contributed by atoms with Crippen LogP contribution < -0.4 is 9.80 Å². The van der Waals surface area contributed by atoms with Crippen molar-refractivity contribution < 1.29 is 22.5 Å². The summed E-state index contributed by atoms with van der Waals surface area (Å²) in [5.74, 6) is 1.06. The van der Waals surface area contributed by atoms with Crippen molar-refractivity contribution in [1.82, 2.24) is 24.9 Å². The molecule has 2 aromatic rings. The summed E-state index contributed by atoms with van der Waals surface area (Å²) in [6.45, 7) is 5.59. The number of nitrogens with zero attached hydrogens (tertiary/aromatic N) is 4. The van der Waals surface area contributed by atoms with Crippen LogP contribution >= 0.6 is 0 Å². The summed E-state index contributed by atoms with van der Waals surface area (Å²) in [7, 11) is 5.71. The van der Waals surface area contributed by atoms with E-state index >= 15 is 0 Å². The van der Waals surface area contributed by atoms with Crippen LogP contribution in [0.1, 0.15) is 37.3 Å². The quantitative estimate of drug-likeness (QED) is 0.215. The van der Waals surface area contributed by atoms with Gasteiger partial charge in [-0.2, -0.15) is 18.2 Å². The molecular formula is C30H39F3N5O2+. The molecule has 0 radical (unpaired) electrons. The number of aryl methyl sites for hydroxylation is 1. The van der Waals surface area contributed by atoms with Gasteiger partial charge in [0.25, 0.3) is 0 Å². The Hall–Kier alpha value is -3.18. The van der Waals surface area contributed by atoms with Crippen LogP contribution in [0.5, 0.6) is 0 Å². The molecule has 2 aliphatic rings. The van der Waals surface area contributed by atoms with Crippen LogP contribution in [0.2, 0.25) is 0 Å². The lowest BCUT2D eigenvalue weighted by atomic mass is 10.0. The Kier molecular flexibility index (Phi) is 9.04. The van der Waals surface area contributed by atoms with Gasteiger partial charge in [0.05, 0.1) is 26.7 Å². The Labute approximate surface area is 234 Å². The molecule has 216 valence electrons. The number of nitrogens with one attached hydrogen (secondary N) is 1. The summed E-state index contributed by atoms with van der Waals surface area (Å²) in [5.41, 5.74) is 5.90. The first-order chi connectivity index (χ1) is 18.8. The maximum Gasteiger partial charge on any atom is 0.401 e. The van der Waals surface area contributed by atoms with E-state index in [2.05, 4.69) is 71.9 Å². The van der Waals surface area contributed by atoms with Gasteiger partial charge in [-0.05, 0) is 50.0 Å². The van der Waals surface area contributed by atoms with Gasteiger partial charge in [0, 0.05) is 42.3 Å². The van der Waals surface area contributed by atoms with Crippen molar-refractivity contribution in [1.29, 1.82) is 0 Å². The molecule has 2 atom stereocenters. The van der Waals surface area contributed by atoms with E-state index in [1.165, 1.54) is 0 Å². The van der Waals surface area contributed by atoms with Crippen molar-refractivity contribution in [2.24, 2.45) is 5.92 Å². The Morgan fingerprint density at radius 1 is 1.27 bits per heavy atom. The number of benzene rings is 1. The molecule has 4 rings (SSSR count). The highest BCUT2D eigenvalue weighted by Crippen LogP contribution is 2.36. The number of allylic oxidation sites excluding steroid dienone is 3. The molecule has 2 aliphatic heterocycles. The number of quaternary nitrogens is 1. The van der Waals surface area contributed by atoms with Gasteiger partial charge in [-0.25, -0.2) is 0 Å². The highest BCUT2D eigenvalue weighted by molar-refractivity contribution is 5.71. The number of alkyl halides is 3. The third kappa shape index (κ3) is 7.51. The Morgan fingerprint density at radius 3 is 2.75 bits per heavy atom. The molecule has 10 heteroatoms. The third-order valence-electron chi connectivity index (χ3n) is 7.20. The second-order valence-corrected chi connectivity index (χ2v) is 11.1. The van der Waals surface area contributed by atoms with Crippen molar-refractivity contribution in [2.45, 2.75) is 46.0 Å². The van der Waals surface area contributed by atoms with E-state index in [0.717, 1.165) is 46.1 Å². The van der Waals surface area contributed by atoms with E-state index < -0.39 is 12.7 Å². The Bertz CT molecular complexity index is 1310. The molecule has 1 N–H and O–H groups in total. The van der Waals surface area contributed by atoms with E-state index in [1.54, 1.807) is 0 Å². The summed E-state index contributed by atoms with van der Waals surface area (Å²) < 4.78 is 43.5. The zero-order chi connectivity index (χ0) is 29.1. The van der Waals surface area contributed by atoms with E-state index in [0.29, 0.717) is 12.5 Å². The smallest absolute Gasteiger partial charge is 0.361 e. The number of fused-ring (bicyclic) bond motifs is 1. The van der Waals surface area contributed by atoms with E-state index in [9.17, 15) is 13.2 Å². The molecule has 0 aliphatic carbocycles. The molecule has 40 heavy (non-hydrogen) atoms. The second kappa shape index (κ2) is 12.1. The summed E-state index contributed by atoms with van der Waals surface area (Å²) in [5, 5.41) is 8.35. The molecule has 7 nitrogen and oxygen atoms in total. The topological polar surface area (TPSA) is 53.8 Å². The molecule has 0 saturated carbocycles. The standard InChI is InChI=1S/C30H39F3N5O2/c1-21-10-11-27-16-24(23(3)36(4)39-18-26-15-22(2)40-35-26)12-13-37(27)29(14-21)25-8-7-9-28(17-25)38(5,6)20-34-19-30(31,32)33/h7-9,11-17,21,23,34H,10,18-20H2,1-6H3/q+1. The van der Waals surface area contributed by atoms with Crippen LogP contribution in [0, 0.1) is 12.8 Å². The largest absolute Gasteiger partial charge is 0.401 e. The molecule has 0 fully saturated rings. The first-order valence-electron chi connectivity index (χ1n) is 13.4. The Morgan fingerprint density at radius 2 is 2.05 bits per heavy atom. The Balaban J connectivity index is 1.50. The zero-order valence-electron chi connectivity index (χ0n) is 24.0. The molecule has 0 spiro atoms. The van der Waals surface area contributed by atoms with Crippen LogP contribution in [0.4, 0.5) is 18.9 Å². The minimum Gasteiger partial charge on any atom is -0.361 e. The summed E-state index contributed by atoms with van der Waals surface area (Å²) in [6, 6.07) is 9.89. The number of hydroxylamine groups is 2. The fourth-order valence-corrected chi connectivity index (χ4v) is 4.72.